The van der Waals surface area contributed by atoms with Crippen molar-refractivity contribution in [2.24, 2.45) is 5.73 Å². The fraction of sp³-hybridized carbons (Fsp3) is 0.818. The van der Waals surface area contributed by atoms with Crippen LogP contribution >= 0.6 is 0 Å². The number of amides is 2. The number of hydrogen-bond acceptors (Lipinski definition) is 4. The molecule has 0 radical (unpaired) electrons. The van der Waals surface area contributed by atoms with Crippen molar-refractivity contribution in [1.82, 2.24) is 10.6 Å². The summed E-state index contributed by atoms with van der Waals surface area (Å²) >= 11 is 0. The lowest BCUT2D eigenvalue weighted by Gasteiger charge is -2.11. The zero-order valence-corrected chi connectivity index (χ0v) is 10.0. The molecule has 1 fully saturated rings. The molecule has 1 rings (SSSR count). The normalized spacial score (nSPS) is 16.0. The summed E-state index contributed by atoms with van der Waals surface area (Å²) in [7, 11) is 0. The van der Waals surface area contributed by atoms with E-state index in [0.717, 1.165) is 12.8 Å². The number of carbonyl (C=O) groups is 2. The highest BCUT2D eigenvalue weighted by atomic mass is 16.5. The Hall–Kier alpha value is -1.14. The number of hydrogen-bond donors (Lipinski definition) is 3. The van der Waals surface area contributed by atoms with E-state index in [1.165, 1.54) is 12.8 Å². The molecule has 6 nitrogen and oxygen atoms in total. The van der Waals surface area contributed by atoms with Crippen LogP contribution in [0.15, 0.2) is 0 Å². The van der Waals surface area contributed by atoms with Crippen molar-refractivity contribution in [3.63, 3.8) is 0 Å². The number of nitrogens with two attached hydrogens (primary N) is 1. The summed E-state index contributed by atoms with van der Waals surface area (Å²) in [6.07, 6.45) is 4.82. The van der Waals surface area contributed by atoms with Crippen molar-refractivity contribution in [3.8, 4) is 0 Å². The van der Waals surface area contributed by atoms with Gasteiger partial charge in [-0.05, 0) is 12.8 Å². The van der Waals surface area contributed by atoms with Gasteiger partial charge in [-0.25, -0.2) is 0 Å². The molecule has 17 heavy (non-hydrogen) atoms. The molecule has 0 aromatic heterocycles. The maximum atomic E-state index is 11.4. The minimum Gasteiger partial charge on any atom is -0.370 e. The van der Waals surface area contributed by atoms with E-state index < -0.39 is 5.91 Å². The minimum atomic E-state index is -0.501. The van der Waals surface area contributed by atoms with E-state index in [0.29, 0.717) is 25.7 Å². The van der Waals surface area contributed by atoms with Crippen LogP contribution in [0.4, 0.5) is 0 Å². The minimum absolute atomic E-state index is 0.0421. The second-order valence-electron chi connectivity index (χ2n) is 4.23. The molecule has 0 aromatic rings. The molecule has 4 N–H and O–H groups in total. The van der Waals surface area contributed by atoms with Gasteiger partial charge >= 0.3 is 0 Å². The molecule has 0 aliphatic heterocycles. The van der Waals surface area contributed by atoms with Crippen LogP contribution in [0.5, 0.6) is 0 Å². The summed E-state index contributed by atoms with van der Waals surface area (Å²) in [6.45, 7) is 0.952. The molecular weight excluding hydrogens is 222 g/mol. The molecule has 0 bridgehead atoms. The lowest BCUT2D eigenvalue weighted by Crippen LogP contribution is -2.39. The molecule has 1 aliphatic carbocycles. The van der Waals surface area contributed by atoms with E-state index in [1.807, 2.05) is 0 Å². The average molecular weight is 243 g/mol. The maximum absolute atomic E-state index is 11.4. The lowest BCUT2D eigenvalue weighted by atomic mass is 10.2. The molecule has 2 amide bonds. The fourth-order valence-electron chi connectivity index (χ4n) is 1.86. The molecule has 0 aromatic carbocycles. The topological polar surface area (TPSA) is 93.5 Å². The second-order valence-corrected chi connectivity index (χ2v) is 4.23. The van der Waals surface area contributed by atoms with Crippen molar-refractivity contribution < 1.29 is 14.3 Å². The van der Waals surface area contributed by atoms with E-state index in [2.05, 4.69) is 10.6 Å². The highest BCUT2D eigenvalue weighted by Crippen LogP contribution is 2.16. The van der Waals surface area contributed by atoms with Gasteiger partial charge in [-0.2, -0.15) is 0 Å². The summed E-state index contributed by atoms with van der Waals surface area (Å²) in [5.41, 5.74) is 4.89. The molecule has 0 heterocycles. The van der Waals surface area contributed by atoms with Crippen LogP contribution in [-0.2, 0) is 14.3 Å². The molecule has 0 unspecified atom stereocenters. The summed E-state index contributed by atoms with van der Waals surface area (Å²) in [4.78, 5) is 21.7. The number of primary amides is 1. The zero-order valence-electron chi connectivity index (χ0n) is 10.0. The first-order valence-electron chi connectivity index (χ1n) is 6.04. The van der Waals surface area contributed by atoms with Gasteiger partial charge in [0.05, 0.1) is 13.2 Å². The Labute approximate surface area is 101 Å². The summed E-state index contributed by atoms with van der Waals surface area (Å²) < 4.78 is 4.91. The van der Waals surface area contributed by atoms with Crippen LogP contribution < -0.4 is 16.4 Å². The van der Waals surface area contributed by atoms with E-state index in [4.69, 9.17) is 10.5 Å². The van der Waals surface area contributed by atoms with Crippen molar-refractivity contribution in [1.29, 1.82) is 0 Å². The number of rotatable bonds is 8. The summed E-state index contributed by atoms with van der Waals surface area (Å²) in [5, 5.41) is 5.92. The second kappa shape index (κ2) is 8.03. The summed E-state index contributed by atoms with van der Waals surface area (Å²) in [5.74, 6) is -0.543. The highest BCUT2D eigenvalue weighted by molar-refractivity contribution is 5.78. The first-order valence-corrected chi connectivity index (χ1v) is 6.04. The fourth-order valence-corrected chi connectivity index (χ4v) is 1.86. The third-order valence-electron chi connectivity index (χ3n) is 2.72. The average Bonchev–Trinajstić information content (AvgIpc) is 2.78. The van der Waals surface area contributed by atoms with Gasteiger partial charge in [0.25, 0.3) is 0 Å². The molecule has 1 aliphatic rings. The smallest absolute Gasteiger partial charge is 0.243 e. The van der Waals surface area contributed by atoms with E-state index in [1.54, 1.807) is 0 Å². The van der Waals surface area contributed by atoms with Gasteiger partial charge in [0, 0.05) is 12.6 Å². The zero-order chi connectivity index (χ0) is 12.5. The van der Waals surface area contributed by atoms with Gasteiger partial charge in [-0.3, -0.25) is 9.59 Å². The van der Waals surface area contributed by atoms with Gasteiger partial charge in [0.15, 0.2) is 0 Å². The van der Waals surface area contributed by atoms with E-state index in [-0.39, 0.29) is 12.5 Å². The summed E-state index contributed by atoms with van der Waals surface area (Å²) in [6, 6.07) is 0.492. The molecule has 98 valence electrons. The Morgan fingerprint density at radius 1 is 1.29 bits per heavy atom. The van der Waals surface area contributed by atoms with Gasteiger partial charge in [0.2, 0.25) is 11.8 Å². The van der Waals surface area contributed by atoms with E-state index in [9.17, 15) is 9.59 Å². The maximum Gasteiger partial charge on any atom is 0.243 e. The Morgan fingerprint density at radius 3 is 2.65 bits per heavy atom. The van der Waals surface area contributed by atoms with Crippen LogP contribution in [0, 0.1) is 0 Å². The number of nitrogens with one attached hydrogen (secondary N) is 2. The Kier molecular flexibility index (Phi) is 6.57. The molecule has 1 saturated carbocycles. The van der Waals surface area contributed by atoms with Crippen molar-refractivity contribution in [3.05, 3.63) is 0 Å². The van der Waals surface area contributed by atoms with Gasteiger partial charge in [-0.15, -0.1) is 0 Å². The third-order valence-corrected chi connectivity index (χ3v) is 2.72. The Morgan fingerprint density at radius 2 is 2.00 bits per heavy atom. The molecule has 6 heteroatoms. The first kappa shape index (κ1) is 13.9. The number of ether oxygens (including phenoxy) is 1. The predicted molar refractivity (Wildman–Crippen MR) is 63.3 cm³/mol. The molecule has 0 spiro atoms. The SMILES string of the molecule is NC(=O)COCCNC(=O)CNC1CCCC1. The predicted octanol–water partition coefficient (Wildman–Crippen LogP) is -0.863. The first-order chi connectivity index (χ1) is 8.18. The number of carbonyl (C=O) groups excluding carboxylic acids is 2. The van der Waals surface area contributed by atoms with E-state index >= 15 is 0 Å². The quantitative estimate of drug-likeness (QED) is 0.483. The van der Waals surface area contributed by atoms with Gasteiger partial charge < -0.3 is 21.1 Å². The Balaban J connectivity index is 1.92. The van der Waals surface area contributed by atoms with Crippen LogP contribution in [-0.4, -0.2) is 44.2 Å². The Bertz CT molecular complexity index is 252. The van der Waals surface area contributed by atoms with Crippen LogP contribution in [0.3, 0.4) is 0 Å². The standard InChI is InChI=1S/C11H21N3O3/c12-10(15)8-17-6-5-13-11(16)7-14-9-3-1-2-4-9/h9,14H,1-8H2,(H2,12,15)(H,13,16). The van der Waals surface area contributed by atoms with Gasteiger partial charge in [-0.1, -0.05) is 12.8 Å². The van der Waals surface area contributed by atoms with Crippen molar-refractivity contribution in [2.45, 2.75) is 31.7 Å². The van der Waals surface area contributed by atoms with Crippen LogP contribution in [0.25, 0.3) is 0 Å². The molecule has 0 atom stereocenters. The van der Waals surface area contributed by atoms with Gasteiger partial charge in [0.1, 0.15) is 6.61 Å². The van der Waals surface area contributed by atoms with Crippen LogP contribution in [0.2, 0.25) is 0 Å². The van der Waals surface area contributed by atoms with Crippen LogP contribution in [0.1, 0.15) is 25.7 Å². The third kappa shape index (κ3) is 6.91. The largest absolute Gasteiger partial charge is 0.370 e. The highest BCUT2D eigenvalue weighted by Gasteiger charge is 2.14. The van der Waals surface area contributed by atoms with Crippen molar-refractivity contribution in [2.75, 3.05) is 26.3 Å². The monoisotopic (exact) mass is 243 g/mol. The molecule has 0 saturated heterocycles. The lowest BCUT2D eigenvalue weighted by molar-refractivity contribution is -0.122. The van der Waals surface area contributed by atoms with Crippen molar-refractivity contribution >= 4 is 11.8 Å². The molecular formula is C11H21N3O3.